The molecule has 0 radical (unpaired) electrons. The van der Waals surface area contributed by atoms with Gasteiger partial charge in [-0.05, 0) is 44.8 Å². The van der Waals surface area contributed by atoms with Gasteiger partial charge in [-0.3, -0.25) is 4.90 Å². The Morgan fingerprint density at radius 2 is 1.78 bits per heavy atom. The summed E-state index contributed by atoms with van der Waals surface area (Å²) in [5.74, 6) is 0. The molecule has 100 valence electrons. The predicted molar refractivity (Wildman–Crippen MR) is 77.5 cm³/mol. The third-order valence-corrected chi connectivity index (χ3v) is 4.62. The van der Waals surface area contributed by atoms with Gasteiger partial charge in [0, 0.05) is 11.6 Å². The van der Waals surface area contributed by atoms with Gasteiger partial charge in [0.05, 0.1) is 0 Å². The number of benzene rings is 1. The molecular weight excluding hydrogens is 220 g/mol. The largest absolute Gasteiger partial charge is 0.322 e. The van der Waals surface area contributed by atoms with Crippen LogP contribution in [0.3, 0.4) is 0 Å². The van der Waals surface area contributed by atoms with Crippen LogP contribution in [0.4, 0.5) is 0 Å². The highest BCUT2D eigenvalue weighted by molar-refractivity contribution is 5.22. The first-order valence-electron chi connectivity index (χ1n) is 7.24. The highest BCUT2D eigenvalue weighted by Gasteiger charge is 2.37. The summed E-state index contributed by atoms with van der Waals surface area (Å²) in [7, 11) is 0. The van der Waals surface area contributed by atoms with Crippen LogP contribution >= 0.6 is 0 Å². The molecule has 2 atom stereocenters. The van der Waals surface area contributed by atoms with Gasteiger partial charge in [-0.25, -0.2) is 0 Å². The van der Waals surface area contributed by atoms with Gasteiger partial charge in [0.15, 0.2) is 0 Å². The standard InChI is InChI=1S/C16H26N2/c1-3-16(2,18-12-8-5-9-13-18)15(17)14-10-6-4-7-11-14/h4,6-7,10-11,15H,3,5,8-9,12-13,17H2,1-2H3. The summed E-state index contributed by atoms with van der Waals surface area (Å²) < 4.78 is 0. The monoisotopic (exact) mass is 246 g/mol. The number of rotatable bonds is 4. The van der Waals surface area contributed by atoms with Crippen molar-refractivity contribution in [3.63, 3.8) is 0 Å². The Morgan fingerprint density at radius 3 is 2.33 bits per heavy atom. The van der Waals surface area contributed by atoms with Gasteiger partial charge in [-0.1, -0.05) is 43.7 Å². The van der Waals surface area contributed by atoms with Gasteiger partial charge in [-0.2, -0.15) is 0 Å². The molecule has 18 heavy (non-hydrogen) atoms. The quantitative estimate of drug-likeness (QED) is 0.883. The fourth-order valence-electron chi connectivity index (χ4n) is 3.06. The minimum absolute atomic E-state index is 0.0851. The fraction of sp³-hybridized carbons (Fsp3) is 0.625. The predicted octanol–water partition coefficient (Wildman–Crippen LogP) is 3.34. The maximum absolute atomic E-state index is 6.57. The molecule has 1 fully saturated rings. The summed E-state index contributed by atoms with van der Waals surface area (Å²) in [4.78, 5) is 2.61. The Kier molecular flexibility index (Phi) is 4.41. The molecule has 2 N–H and O–H groups in total. The highest BCUT2D eigenvalue weighted by atomic mass is 15.2. The van der Waals surface area contributed by atoms with Gasteiger partial charge < -0.3 is 5.73 Å². The molecule has 1 heterocycles. The van der Waals surface area contributed by atoms with Crippen molar-refractivity contribution in [1.82, 2.24) is 4.90 Å². The molecule has 2 nitrogen and oxygen atoms in total. The van der Waals surface area contributed by atoms with E-state index in [-0.39, 0.29) is 11.6 Å². The van der Waals surface area contributed by atoms with Crippen LogP contribution < -0.4 is 5.73 Å². The molecule has 2 rings (SSSR count). The smallest absolute Gasteiger partial charge is 0.0479 e. The minimum atomic E-state index is 0.0851. The van der Waals surface area contributed by atoms with E-state index >= 15 is 0 Å². The molecule has 0 saturated carbocycles. The first kappa shape index (κ1) is 13.6. The maximum atomic E-state index is 6.57. The van der Waals surface area contributed by atoms with Crippen LogP contribution in [-0.2, 0) is 0 Å². The van der Waals surface area contributed by atoms with Crippen molar-refractivity contribution in [2.75, 3.05) is 13.1 Å². The Morgan fingerprint density at radius 1 is 1.17 bits per heavy atom. The van der Waals surface area contributed by atoms with Crippen molar-refractivity contribution < 1.29 is 0 Å². The molecule has 2 heteroatoms. The van der Waals surface area contributed by atoms with E-state index in [0.29, 0.717) is 0 Å². The molecule has 0 bridgehead atoms. The van der Waals surface area contributed by atoms with E-state index < -0.39 is 0 Å². The van der Waals surface area contributed by atoms with E-state index in [1.54, 1.807) is 0 Å². The maximum Gasteiger partial charge on any atom is 0.0479 e. The first-order valence-corrected chi connectivity index (χ1v) is 7.24. The molecule has 0 spiro atoms. The summed E-state index contributed by atoms with van der Waals surface area (Å²) >= 11 is 0. The van der Waals surface area contributed by atoms with Gasteiger partial charge in [0.25, 0.3) is 0 Å². The number of nitrogens with two attached hydrogens (primary N) is 1. The zero-order valence-corrected chi connectivity index (χ0v) is 11.7. The highest BCUT2D eigenvalue weighted by Crippen LogP contribution is 2.34. The van der Waals surface area contributed by atoms with E-state index in [4.69, 9.17) is 5.73 Å². The number of piperidine rings is 1. The van der Waals surface area contributed by atoms with Gasteiger partial charge in [-0.15, -0.1) is 0 Å². The van der Waals surface area contributed by atoms with E-state index in [9.17, 15) is 0 Å². The molecule has 0 amide bonds. The second-order valence-electron chi connectivity index (χ2n) is 5.65. The molecule has 1 aromatic carbocycles. The van der Waals surface area contributed by atoms with Crippen LogP contribution in [0.2, 0.25) is 0 Å². The summed E-state index contributed by atoms with van der Waals surface area (Å²) in [6, 6.07) is 10.6. The lowest BCUT2D eigenvalue weighted by Crippen LogP contribution is -2.54. The molecular formula is C16H26N2. The molecule has 1 aromatic rings. The minimum Gasteiger partial charge on any atom is -0.322 e. The Hall–Kier alpha value is -0.860. The van der Waals surface area contributed by atoms with Gasteiger partial charge in [0.2, 0.25) is 0 Å². The molecule has 2 unspecified atom stereocenters. The zero-order valence-electron chi connectivity index (χ0n) is 11.7. The van der Waals surface area contributed by atoms with Crippen molar-refractivity contribution in [2.45, 2.75) is 51.1 Å². The Balaban J connectivity index is 2.20. The average molecular weight is 246 g/mol. The van der Waals surface area contributed by atoms with Crippen molar-refractivity contribution in [3.8, 4) is 0 Å². The van der Waals surface area contributed by atoms with E-state index in [1.807, 2.05) is 0 Å². The zero-order chi connectivity index (χ0) is 13.0. The van der Waals surface area contributed by atoms with Gasteiger partial charge >= 0.3 is 0 Å². The fourth-order valence-corrected chi connectivity index (χ4v) is 3.06. The topological polar surface area (TPSA) is 29.3 Å². The third-order valence-electron chi connectivity index (χ3n) is 4.62. The number of hydrogen-bond donors (Lipinski definition) is 1. The van der Waals surface area contributed by atoms with E-state index in [0.717, 1.165) is 6.42 Å². The van der Waals surface area contributed by atoms with Crippen LogP contribution in [0.25, 0.3) is 0 Å². The van der Waals surface area contributed by atoms with Crippen molar-refractivity contribution in [2.24, 2.45) is 5.73 Å². The van der Waals surface area contributed by atoms with Gasteiger partial charge in [0.1, 0.15) is 0 Å². The molecule has 1 aliphatic heterocycles. The first-order chi connectivity index (χ1) is 8.68. The molecule has 0 aromatic heterocycles. The summed E-state index contributed by atoms with van der Waals surface area (Å²) in [6.45, 7) is 6.99. The van der Waals surface area contributed by atoms with Crippen molar-refractivity contribution in [1.29, 1.82) is 0 Å². The average Bonchev–Trinajstić information content (AvgIpc) is 2.47. The Bertz CT molecular complexity index is 357. The molecule has 0 aliphatic carbocycles. The number of nitrogens with zero attached hydrogens (tertiary/aromatic N) is 1. The summed E-state index contributed by atoms with van der Waals surface area (Å²) in [5.41, 5.74) is 7.92. The molecule has 1 saturated heterocycles. The summed E-state index contributed by atoms with van der Waals surface area (Å²) in [6.07, 6.45) is 5.11. The SMILES string of the molecule is CCC(C)(C(N)c1ccccc1)N1CCCCC1. The van der Waals surface area contributed by atoms with E-state index in [2.05, 4.69) is 49.1 Å². The van der Waals surface area contributed by atoms with Crippen molar-refractivity contribution in [3.05, 3.63) is 35.9 Å². The number of likely N-dealkylation sites (tertiary alicyclic amines) is 1. The molecule has 1 aliphatic rings. The van der Waals surface area contributed by atoms with Crippen LogP contribution in [0.1, 0.15) is 51.1 Å². The summed E-state index contributed by atoms with van der Waals surface area (Å²) in [5, 5.41) is 0. The lowest BCUT2D eigenvalue weighted by Gasteiger charge is -2.47. The lowest BCUT2D eigenvalue weighted by atomic mass is 9.82. The second-order valence-corrected chi connectivity index (χ2v) is 5.65. The van der Waals surface area contributed by atoms with E-state index in [1.165, 1.54) is 37.9 Å². The van der Waals surface area contributed by atoms with Crippen LogP contribution in [0.5, 0.6) is 0 Å². The van der Waals surface area contributed by atoms with Crippen molar-refractivity contribution >= 4 is 0 Å². The van der Waals surface area contributed by atoms with Crippen LogP contribution in [0.15, 0.2) is 30.3 Å². The van der Waals surface area contributed by atoms with Crippen LogP contribution in [0, 0.1) is 0 Å². The second kappa shape index (κ2) is 5.85. The van der Waals surface area contributed by atoms with Crippen LogP contribution in [-0.4, -0.2) is 23.5 Å². The number of hydrogen-bond acceptors (Lipinski definition) is 2. The third kappa shape index (κ3) is 2.60. The lowest BCUT2D eigenvalue weighted by molar-refractivity contribution is 0.0543. The normalized spacial score (nSPS) is 22.4. The Labute approximate surface area is 111 Å².